The highest BCUT2D eigenvalue weighted by Gasteiger charge is 2.17. The van der Waals surface area contributed by atoms with Gasteiger partial charge in [-0.25, -0.2) is 4.98 Å². The number of rotatable bonds is 5. The second-order valence-electron chi connectivity index (χ2n) is 7.24. The molecule has 5 rings (SSSR count). The molecule has 0 unspecified atom stereocenters. The molecule has 0 spiro atoms. The van der Waals surface area contributed by atoms with Gasteiger partial charge in [0.05, 0.1) is 29.6 Å². The summed E-state index contributed by atoms with van der Waals surface area (Å²) >= 11 is 6.50. The molecule has 0 aliphatic heterocycles. The summed E-state index contributed by atoms with van der Waals surface area (Å²) in [5.41, 5.74) is 3.88. The zero-order valence-electron chi connectivity index (χ0n) is 16.4. The SMILES string of the molecule is Oc1c(Cc2ccccc2)ccc(-c2cn3c(O)c(Cc4ccco4)nc3cn2)c1Cl. The summed E-state index contributed by atoms with van der Waals surface area (Å²) in [6, 6.07) is 17.1. The van der Waals surface area contributed by atoms with E-state index in [1.54, 1.807) is 29.1 Å². The minimum Gasteiger partial charge on any atom is -0.506 e. The Morgan fingerprint density at radius 1 is 0.968 bits per heavy atom. The molecule has 0 aliphatic carbocycles. The molecular formula is C24H18ClN3O3. The standard InChI is InChI=1S/C24H18ClN3O3/c25-22-18(9-8-16(23(22)29)11-15-5-2-1-3-6-15)20-14-28-21(13-26-20)27-19(24(28)30)12-17-7-4-10-31-17/h1-10,13-14,29-30H,11-12H2. The molecule has 5 aromatic rings. The lowest BCUT2D eigenvalue weighted by atomic mass is 10.0. The van der Waals surface area contributed by atoms with Crippen LogP contribution in [0.15, 0.2) is 77.7 Å². The van der Waals surface area contributed by atoms with Gasteiger partial charge < -0.3 is 14.6 Å². The van der Waals surface area contributed by atoms with Gasteiger partial charge in [-0.2, -0.15) is 0 Å². The van der Waals surface area contributed by atoms with E-state index in [9.17, 15) is 10.2 Å². The van der Waals surface area contributed by atoms with Crippen molar-refractivity contribution < 1.29 is 14.6 Å². The van der Waals surface area contributed by atoms with E-state index in [1.807, 2.05) is 48.5 Å². The zero-order chi connectivity index (χ0) is 21.4. The molecule has 0 bridgehead atoms. The van der Waals surface area contributed by atoms with E-state index in [0.29, 0.717) is 41.2 Å². The molecule has 3 heterocycles. The summed E-state index contributed by atoms with van der Waals surface area (Å²) in [6.45, 7) is 0. The number of halogens is 1. The van der Waals surface area contributed by atoms with Gasteiger partial charge in [0.1, 0.15) is 17.2 Å². The zero-order valence-corrected chi connectivity index (χ0v) is 17.1. The number of benzene rings is 2. The Bertz CT molecular complexity index is 1360. The van der Waals surface area contributed by atoms with E-state index in [2.05, 4.69) is 9.97 Å². The van der Waals surface area contributed by atoms with Crippen molar-refractivity contribution in [1.82, 2.24) is 14.4 Å². The fourth-order valence-electron chi connectivity index (χ4n) is 3.59. The van der Waals surface area contributed by atoms with Crippen LogP contribution >= 0.6 is 11.6 Å². The normalized spacial score (nSPS) is 11.3. The van der Waals surface area contributed by atoms with E-state index in [1.165, 1.54) is 0 Å². The van der Waals surface area contributed by atoms with Gasteiger partial charge in [-0.1, -0.05) is 54.1 Å². The molecule has 0 radical (unpaired) electrons. The maximum absolute atomic E-state index is 10.7. The van der Waals surface area contributed by atoms with Crippen molar-refractivity contribution in [2.45, 2.75) is 12.8 Å². The number of hydrogen-bond acceptors (Lipinski definition) is 5. The monoisotopic (exact) mass is 431 g/mol. The molecule has 31 heavy (non-hydrogen) atoms. The fourth-order valence-corrected chi connectivity index (χ4v) is 3.87. The van der Waals surface area contributed by atoms with E-state index < -0.39 is 0 Å². The first-order valence-corrected chi connectivity index (χ1v) is 10.1. The van der Waals surface area contributed by atoms with E-state index in [4.69, 9.17) is 16.0 Å². The van der Waals surface area contributed by atoms with Crippen LogP contribution in [0.3, 0.4) is 0 Å². The molecule has 2 N–H and O–H groups in total. The average Bonchev–Trinajstić information content (AvgIpc) is 3.41. The highest BCUT2D eigenvalue weighted by molar-refractivity contribution is 6.34. The lowest BCUT2D eigenvalue weighted by molar-refractivity contribution is 0.438. The second-order valence-corrected chi connectivity index (χ2v) is 7.61. The highest BCUT2D eigenvalue weighted by atomic mass is 35.5. The van der Waals surface area contributed by atoms with E-state index in [0.717, 1.165) is 11.1 Å². The second kappa shape index (κ2) is 7.81. The number of fused-ring (bicyclic) bond motifs is 1. The quantitative estimate of drug-likeness (QED) is 0.398. The van der Waals surface area contributed by atoms with Gasteiger partial charge >= 0.3 is 0 Å². The molecule has 2 aromatic carbocycles. The third-order valence-electron chi connectivity index (χ3n) is 5.19. The van der Waals surface area contributed by atoms with Gasteiger partial charge in [-0.3, -0.25) is 9.38 Å². The summed E-state index contributed by atoms with van der Waals surface area (Å²) in [7, 11) is 0. The number of imidazole rings is 1. The van der Waals surface area contributed by atoms with Crippen molar-refractivity contribution in [2.75, 3.05) is 0 Å². The summed E-state index contributed by atoms with van der Waals surface area (Å²) in [5, 5.41) is 21.5. The Kier molecular flexibility index (Phi) is 4.84. The van der Waals surface area contributed by atoms with Gasteiger partial charge in [0, 0.05) is 18.2 Å². The van der Waals surface area contributed by atoms with Crippen LogP contribution in [-0.2, 0) is 12.8 Å². The number of nitrogens with zero attached hydrogens (tertiary/aromatic N) is 3. The number of hydrogen-bond donors (Lipinski definition) is 2. The minimum absolute atomic E-state index is 0.0103. The van der Waals surface area contributed by atoms with Crippen LogP contribution in [0.1, 0.15) is 22.6 Å². The molecule has 3 aromatic heterocycles. The molecule has 0 fully saturated rings. The van der Waals surface area contributed by atoms with Crippen LogP contribution in [0.4, 0.5) is 0 Å². The van der Waals surface area contributed by atoms with Crippen molar-refractivity contribution in [3.05, 3.63) is 101 Å². The van der Waals surface area contributed by atoms with E-state index in [-0.39, 0.29) is 16.7 Å². The third kappa shape index (κ3) is 3.62. The lowest BCUT2D eigenvalue weighted by Crippen LogP contribution is -1.94. The van der Waals surface area contributed by atoms with Crippen LogP contribution in [0, 0.1) is 0 Å². The van der Waals surface area contributed by atoms with Crippen molar-refractivity contribution in [3.8, 4) is 22.9 Å². The Balaban J connectivity index is 1.50. The molecule has 6 nitrogen and oxygen atoms in total. The Morgan fingerprint density at radius 2 is 1.81 bits per heavy atom. The van der Waals surface area contributed by atoms with Crippen LogP contribution in [0.25, 0.3) is 16.9 Å². The predicted molar refractivity (Wildman–Crippen MR) is 118 cm³/mol. The fraction of sp³-hybridized carbons (Fsp3) is 0.0833. The molecule has 154 valence electrons. The first-order valence-electron chi connectivity index (χ1n) is 9.73. The first kappa shape index (κ1) is 19.2. The van der Waals surface area contributed by atoms with Gasteiger partial charge in [-0.05, 0) is 23.3 Å². The van der Waals surface area contributed by atoms with Crippen LogP contribution < -0.4 is 0 Å². The third-order valence-corrected chi connectivity index (χ3v) is 5.57. The topological polar surface area (TPSA) is 83.8 Å². The van der Waals surface area contributed by atoms with Gasteiger partial charge in [0.15, 0.2) is 5.65 Å². The number of aromatic nitrogens is 3. The number of furan rings is 1. The Labute approximate surface area is 183 Å². The lowest BCUT2D eigenvalue weighted by Gasteiger charge is -2.11. The van der Waals surface area contributed by atoms with Crippen molar-refractivity contribution >= 4 is 17.2 Å². The number of phenolic OH excluding ortho intramolecular Hbond substituents is 1. The molecule has 0 saturated carbocycles. The molecule has 7 heteroatoms. The number of phenols is 1. The average molecular weight is 432 g/mol. The highest BCUT2D eigenvalue weighted by Crippen LogP contribution is 2.37. The van der Waals surface area contributed by atoms with E-state index >= 15 is 0 Å². The van der Waals surface area contributed by atoms with Crippen molar-refractivity contribution in [1.29, 1.82) is 0 Å². The molecule has 0 amide bonds. The van der Waals surface area contributed by atoms with Gasteiger partial charge in [-0.15, -0.1) is 0 Å². The molecule has 0 atom stereocenters. The van der Waals surface area contributed by atoms with Crippen LogP contribution in [-0.4, -0.2) is 24.6 Å². The summed E-state index contributed by atoms with van der Waals surface area (Å²) in [4.78, 5) is 8.86. The number of aromatic hydroxyl groups is 2. The maximum atomic E-state index is 10.7. The predicted octanol–water partition coefficient (Wildman–Crippen LogP) is 5.24. The maximum Gasteiger partial charge on any atom is 0.219 e. The smallest absolute Gasteiger partial charge is 0.219 e. The molecular weight excluding hydrogens is 414 g/mol. The Morgan fingerprint density at radius 3 is 2.58 bits per heavy atom. The molecule has 0 saturated heterocycles. The summed E-state index contributed by atoms with van der Waals surface area (Å²) in [5.74, 6) is 0.739. The van der Waals surface area contributed by atoms with Crippen molar-refractivity contribution in [2.24, 2.45) is 0 Å². The first-order chi connectivity index (χ1) is 15.1. The molecule has 0 aliphatic rings. The largest absolute Gasteiger partial charge is 0.506 e. The van der Waals surface area contributed by atoms with Crippen molar-refractivity contribution in [3.63, 3.8) is 0 Å². The van der Waals surface area contributed by atoms with Crippen LogP contribution in [0.2, 0.25) is 5.02 Å². The Hall–Kier alpha value is -3.77. The van der Waals surface area contributed by atoms with Gasteiger partial charge in [0.2, 0.25) is 5.88 Å². The van der Waals surface area contributed by atoms with Crippen LogP contribution in [0.5, 0.6) is 11.6 Å². The summed E-state index contributed by atoms with van der Waals surface area (Å²) in [6.07, 6.45) is 5.73. The van der Waals surface area contributed by atoms with Gasteiger partial charge in [0.25, 0.3) is 0 Å². The minimum atomic E-state index is 0.0103. The summed E-state index contributed by atoms with van der Waals surface area (Å²) < 4.78 is 6.89.